The molecule has 28 heavy (non-hydrogen) atoms. The van der Waals surface area contributed by atoms with E-state index in [1.54, 1.807) is 12.1 Å². The van der Waals surface area contributed by atoms with Crippen LogP contribution in [0.15, 0.2) is 53.5 Å². The van der Waals surface area contributed by atoms with Gasteiger partial charge in [0, 0.05) is 0 Å². The average Bonchev–Trinajstić information content (AvgIpc) is 2.67. The fourth-order valence-electron chi connectivity index (χ4n) is 3.50. The number of benzene rings is 2. The fourth-order valence-corrected chi connectivity index (χ4v) is 4.69. The van der Waals surface area contributed by atoms with Crippen LogP contribution in [-0.4, -0.2) is 29.2 Å². The Morgan fingerprint density at radius 3 is 2.36 bits per heavy atom. The number of fused-ring (bicyclic) bond motifs is 1. The van der Waals surface area contributed by atoms with Crippen LogP contribution in [0.2, 0.25) is 0 Å². The molecule has 0 saturated carbocycles. The maximum Gasteiger partial charge on any atom is 0.573 e. The SMILES string of the molecule is FC(F)(F)Oc1ccc(CN=C2Nc3ccccc3NC23CCSCC3)cc1. The quantitative estimate of drug-likeness (QED) is 0.726. The zero-order valence-corrected chi connectivity index (χ0v) is 15.9. The summed E-state index contributed by atoms with van der Waals surface area (Å²) in [6, 6.07) is 13.9. The Balaban J connectivity index is 1.55. The molecule has 2 aliphatic heterocycles. The molecule has 0 bridgehead atoms. The molecule has 0 aromatic heterocycles. The summed E-state index contributed by atoms with van der Waals surface area (Å²) in [5.41, 5.74) is 2.66. The first-order chi connectivity index (χ1) is 13.4. The van der Waals surface area contributed by atoms with Crippen LogP contribution in [0.3, 0.4) is 0 Å². The van der Waals surface area contributed by atoms with Crippen molar-refractivity contribution in [2.24, 2.45) is 4.99 Å². The Bertz CT molecular complexity index is 862. The molecule has 4 rings (SSSR count). The lowest BCUT2D eigenvalue weighted by molar-refractivity contribution is -0.274. The van der Waals surface area contributed by atoms with Gasteiger partial charge in [0.2, 0.25) is 0 Å². The Morgan fingerprint density at radius 2 is 1.68 bits per heavy atom. The van der Waals surface area contributed by atoms with Crippen LogP contribution in [0.25, 0.3) is 0 Å². The highest BCUT2D eigenvalue weighted by Gasteiger charge is 2.41. The van der Waals surface area contributed by atoms with Crippen molar-refractivity contribution in [3.63, 3.8) is 0 Å². The molecule has 2 N–H and O–H groups in total. The summed E-state index contributed by atoms with van der Waals surface area (Å²) >= 11 is 1.94. The third kappa shape index (κ3) is 4.22. The van der Waals surface area contributed by atoms with E-state index in [0.29, 0.717) is 6.54 Å². The minimum absolute atomic E-state index is 0.223. The summed E-state index contributed by atoms with van der Waals surface area (Å²) in [5.74, 6) is 2.77. The van der Waals surface area contributed by atoms with E-state index < -0.39 is 6.36 Å². The van der Waals surface area contributed by atoms with Gasteiger partial charge in [-0.1, -0.05) is 24.3 Å². The number of anilines is 2. The highest BCUT2D eigenvalue weighted by Crippen LogP contribution is 2.38. The number of para-hydroxylation sites is 2. The topological polar surface area (TPSA) is 45.6 Å². The molecule has 2 aromatic carbocycles. The van der Waals surface area contributed by atoms with E-state index in [9.17, 15) is 13.2 Å². The summed E-state index contributed by atoms with van der Waals surface area (Å²) in [7, 11) is 0. The number of thioether (sulfide) groups is 1. The standard InChI is InChI=1S/C20H20F3N3OS/c21-20(22,23)27-15-7-5-14(6-8-15)13-24-18-19(9-11-28-12-10-19)26-17-4-2-1-3-16(17)25-18/h1-8,26H,9-13H2,(H,24,25). The van der Waals surface area contributed by atoms with Gasteiger partial charge in [-0.25, -0.2) is 0 Å². The van der Waals surface area contributed by atoms with Crippen molar-refractivity contribution < 1.29 is 17.9 Å². The first-order valence-corrected chi connectivity index (χ1v) is 10.2. The highest BCUT2D eigenvalue weighted by atomic mass is 32.2. The van der Waals surface area contributed by atoms with E-state index in [1.165, 1.54) is 12.1 Å². The summed E-state index contributed by atoms with van der Waals surface area (Å²) in [5, 5.41) is 7.16. The predicted molar refractivity (Wildman–Crippen MR) is 107 cm³/mol. The zero-order chi connectivity index (χ0) is 19.6. The molecule has 1 fully saturated rings. The zero-order valence-electron chi connectivity index (χ0n) is 15.1. The van der Waals surface area contributed by atoms with Gasteiger partial charge in [0.25, 0.3) is 0 Å². The van der Waals surface area contributed by atoms with Crippen LogP contribution in [0, 0.1) is 0 Å². The lowest BCUT2D eigenvalue weighted by atomic mass is 9.87. The highest BCUT2D eigenvalue weighted by molar-refractivity contribution is 7.99. The molecular formula is C20H20F3N3OS. The lowest BCUT2D eigenvalue weighted by Crippen LogP contribution is -2.54. The minimum Gasteiger partial charge on any atom is -0.406 e. The molecule has 2 aliphatic rings. The van der Waals surface area contributed by atoms with Gasteiger partial charge in [-0.3, -0.25) is 4.99 Å². The van der Waals surface area contributed by atoms with Crippen molar-refractivity contribution in [3.05, 3.63) is 54.1 Å². The molecule has 1 spiro atoms. The van der Waals surface area contributed by atoms with Crippen molar-refractivity contribution >= 4 is 29.0 Å². The number of halogens is 3. The van der Waals surface area contributed by atoms with Crippen LogP contribution >= 0.6 is 11.8 Å². The van der Waals surface area contributed by atoms with E-state index in [4.69, 9.17) is 4.99 Å². The summed E-state index contributed by atoms with van der Waals surface area (Å²) in [4.78, 5) is 4.80. The maximum atomic E-state index is 12.3. The van der Waals surface area contributed by atoms with Crippen molar-refractivity contribution in [2.45, 2.75) is 31.3 Å². The number of nitrogens with one attached hydrogen (secondary N) is 2. The van der Waals surface area contributed by atoms with Gasteiger partial charge < -0.3 is 15.4 Å². The average molecular weight is 407 g/mol. The second kappa shape index (κ2) is 7.58. The molecular weight excluding hydrogens is 387 g/mol. The van der Waals surface area contributed by atoms with Crippen molar-refractivity contribution in [1.29, 1.82) is 0 Å². The van der Waals surface area contributed by atoms with E-state index in [2.05, 4.69) is 21.4 Å². The summed E-state index contributed by atoms with van der Waals surface area (Å²) in [6.07, 6.45) is -2.75. The smallest absolute Gasteiger partial charge is 0.406 e. The molecule has 1 saturated heterocycles. The second-order valence-electron chi connectivity index (χ2n) is 6.85. The number of aliphatic imine (C=N–C) groups is 1. The molecule has 0 atom stereocenters. The molecule has 4 nitrogen and oxygen atoms in total. The van der Waals surface area contributed by atoms with Crippen LogP contribution in [-0.2, 0) is 6.54 Å². The molecule has 148 valence electrons. The van der Waals surface area contributed by atoms with Crippen LogP contribution in [0.5, 0.6) is 5.75 Å². The summed E-state index contributed by atoms with van der Waals surface area (Å²) < 4.78 is 40.8. The molecule has 0 radical (unpaired) electrons. The molecule has 0 unspecified atom stereocenters. The number of rotatable bonds is 3. The van der Waals surface area contributed by atoms with Crippen molar-refractivity contribution in [1.82, 2.24) is 0 Å². The van der Waals surface area contributed by atoms with E-state index in [0.717, 1.165) is 47.1 Å². The molecule has 8 heteroatoms. The van der Waals surface area contributed by atoms with Gasteiger partial charge in [-0.2, -0.15) is 11.8 Å². The number of hydrogen-bond acceptors (Lipinski definition) is 4. The Hall–Kier alpha value is -2.35. The van der Waals surface area contributed by atoms with Gasteiger partial charge in [-0.05, 0) is 54.2 Å². The number of amidine groups is 1. The Labute approximate surface area is 165 Å². The van der Waals surface area contributed by atoms with E-state index in [1.807, 2.05) is 30.0 Å². The van der Waals surface area contributed by atoms with E-state index >= 15 is 0 Å². The summed E-state index contributed by atoms with van der Waals surface area (Å²) in [6.45, 7) is 0.382. The van der Waals surface area contributed by atoms with Crippen molar-refractivity contribution in [2.75, 3.05) is 22.1 Å². The minimum atomic E-state index is -4.68. The predicted octanol–water partition coefficient (Wildman–Crippen LogP) is 5.29. The molecule has 0 amide bonds. The van der Waals surface area contributed by atoms with Crippen LogP contribution in [0.4, 0.5) is 24.5 Å². The number of nitrogens with zero attached hydrogens (tertiary/aromatic N) is 1. The second-order valence-corrected chi connectivity index (χ2v) is 8.07. The third-order valence-electron chi connectivity index (χ3n) is 4.93. The Kier molecular flexibility index (Phi) is 5.14. The van der Waals surface area contributed by atoms with Crippen LogP contribution < -0.4 is 15.4 Å². The monoisotopic (exact) mass is 407 g/mol. The Morgan fingerprint density at radius 1 is 1.00 bits per heavy atom. The molecule has 2 aromatic rings. The van der Waals surface area contributed by atoms with E-state index in [-0.39, 0.29) is 11.3 Å². The van der Waals surface area contributed by atoms with Gasteiger partial charge in [-0.15, -0.1) is 13.2 Å². The normalized spacial score (nSPS) is 19.6. The van der Waals surface area contributed by atoms with Gasteiger partial charge in [0.1, 0.15) is 11.6 Å². The van der Waals surface area contributed by atoms with Crippen molar-refractivity contribution in [3.8, 4) is 5.75 Å². The number of alkyl halides is 3. The number of hydrogen-bond donors (Lipinski definition) is 2. The molecule has 2 heterocycles. The third-order valence-corrected chi connectivity index (χ3v) is 5.92. The maximum absolute atomic E-state index is 12.3. The van der Waals surface area contributed by atoms with Gasteiger partial charge >= 0.3 is 6.36 Å². The fraction of sp³-hybridized carbons (Fsp3) is 0.350. The van der Waals surface area contributed by atoms with Crippen LogP contribution in [0.1, 0.15) is 18.4 Å². The molecule has 0 aliphatic carbocycles. The number of ether oxygens (including phenoxy) is 1. The van der Waals surface area contributed by atoms with Gasteiger partial charge in [0.15, 0.2) is 0 Å². The lowest BCUT2D eigenvalue weighted by Gasteiger charge is -2.43. The largest absolute Gasteiger partial charge is 0.573 e. The first kappa shape index (κ1) is 19.0. The van der Waals surface area contributed by atoms with Gasteiger partial charge in [0.05, 0.1) is 23.5 Å². The first-order valence-electron chi connectivity index (χ1n) is 9.05.